The van der Waals surface area contributed by atoms with Crippen molar-refractivity contribution in [2.75, 3.05) is 13.1 Å². The average molecular weight is 481 g/mol. The van der Waals surface area contributed by atoms with E-state index in [1.54, 1.807) is 12.4 Å². The molecule has 6 nitrogen and oxygen atoms in total. The molecule has 0 spiro atoms. The Bertz CT molecular complexity index is 1290. The van der Waals surface area contributed by atoms with Gasteiger partial charge < -0.3 is 9.64 Å². The van der Waals surface area contributed by atoms with Crippen molar-refractivity contribution in [3.05, 3.63) is 76.0 Å². The molecule has 1 fully saturated rings. The molecule has 3 heterocycles. The monoisotopic (exact) mass is 480 g/mol. The molecule has 0 bridgehead atoms. The SMILES string of the molecule is CC(Oc1ccc2[nH]nc(-c3ccc(C(=O)N4CCCC4)cc3)c2c1)c1c(Cl)cncc1Cl. The number of pyridine rings is 1. The number of rotatable bonds is 5. The van der Waals surface area contributed by atoms with Gasteiger partial charge in [-0.05, 0) is 50.1 Å². The van der Waals surface area contributed by atoms with Gasteiger partial charge in [-0.2, -0.15) is 5.10 Å². The van der Waals surface area contributed by atoms with E-state index in [0.29, 0.717) is 26.9 Å². The maximum absolute atomic E-state index is 12.6. The van der Waals surface area contributed by atoms with Gasteiger partial charge in [-0.1, -0.05) is 35.3 Å². The van der Waals surface area contributed by atoms with Crippen LogP contribution >= 0.6 is 23.2 Å². The number of nitrogens with zero attached hydrogens (tertiary/aromatic N) is 3. The van der Waals surface area contributed by atoms with E-state index in [1.165, 1.54) is 0 Å². The van der Waals surface area contributed by atoms with Crippen molar-refractivity contribution in [2.45, 2.75) is 25.9 Å². The minimum atomic E-state index is -0.364. The van der Waals surface area contributed by atoms with Crippen LogP contribution < -0.4 is 4.74 Å². The highest BCUT2D eigenvalue weighted by atomic mass is 35.5. The molecule has 1 saturated heterocycles. The Morgan fingerprint density at radius 1 is 1.06 bits per heavy atom. The van der Waals surface area contributed by atoms with E-state index in [0.717, 1.165) is 48.1 Å². The molecule has 2 aromatic carbocycles. The Hall–Kier alpha value is -3.09. The van der Waals surface area contributed by atoms with Gasteiger partial charge in [0.25, 0.3) is 5.91 Å². The van der Waals surface area contributed by atoms with Gasteiger partial charge in [0.05, 0.1) is 15.6 Å². The summed E-state index contributed by atoms with van der Waals surface area (Å²) < 4.78 is 6.15. The average Bonchev–Trinajstić information content (AvgIpc) is 3.49. The first-order valence-corrected chi connectivity index (χ1v) is 11.6. The third-order valence-electron chi connectivity index (χ3n) is 5.94. The van der Waals surface area contributed by atoms with Gasteiger partial charge in [0.15, 0.2) is 0 Å². The zero-order valence-corrected chi connectivity index (χ0v) is 19.5. The number of aromatic amines is 1. The fourth-order valence-electron chi connectivity index (χ4n) is 4.23. The Morgan fingerprint density at radius 3 is 2.45 bits per heavy atom. The van der Waals surface area contributed by atoms with Crippen molar-refractivity contribution in [3.8, 4) is 17.0 Å². The summed E-state index contributed by atoms with van der Waals surface area (Å²) in [6.45, 7) is 3.56. The normalized spacial score (nSPS) is 14.6. The van der Waals surface area contributed by atoms with E-state index in [9.17, 15) is 4.79 Å². The third kappa shape index (κ3) is 4.28. The molecule has 1 unspecified atom stereocenters. The topological polar surface area (TPSA) is 71.1 Å². The van der Waals surface area contributed by atoms with Gasteiger partial charge >= 0.3 is 0 Å². The van der Waals surface area contributed by atoms with Crippen molar-refractivity contribution in [2.24, 2.45) is 0 Å². The van der Waals surface area contributed by atoms with Crippen LogP contribution in [0.2, 0.25) is 10.0 Å². The molecule has 0 radical (unpaired) electrons. The van der Waals surface area contributed by atoms with Crippen LogP contribution in [0, 0.1) is 0 Å². The zero-order valence-electron chi connectivity index (χ0n) is 18.0. The number of carbonyl (C=O) groups excluding carboxylic acids is 1. The lowest BCUT2D eigenvalue weighted by atomic mass is 10.0. The van der Waals surface area contributed by atoms with E-state index in [2.05, 4.69) is 15.2 Å². The van der Waals surface area contributed by atoms with Gasteiger partial charge in [0, 0.05) is 47.6 Å². The second-order valence-corrected chi connectivity index (χ2v) is 8.95. The van der Waals surface area contributed by atoms with E-state index < -0.39 is 0 Å². The maximum atomic E-state index is 12.6. The summed E-state index contributed by atoms with van der Waals surface area (Å²) in [4.78, 5) is 18.5. The number of halogens is 2. The standard InChI is InChI=1S/C25H22Cl2N4O2/c1-15(23-20(26)13-28-14-21(23)27)33-18-8-9-22-19(12-18)24(30-29-22)16-4-6-17(7-5-16)25(32)31-10-2-3-11-31/h4-9,12-15H,2-3,10-11H2,1H3,(H,29,30). The molecule has 0 aliphatic carbocycles. The third-order valence-corrected chi connectivity index (χ3v) is 6.55. The van der Waals surface area contributed by atoms with Crippen LogP contribution in [0.25, 0.3) is 22.2 Å². The summed E-state index contributed by atoms with van der Waals surface area (Å²) in [5, 5.41) is 9.41. The van der Waals surface area contributed by atoms with Gasteiger partial charge in [-0.3, -0.25) is 14.9 Å². The molecule has 1 atom stereocenters. The summed E-state index contributed by atoms with van der Waals surface area (Å²) in [5.41, 5.74) is 4.00. The van der Waals surface area contributed by atoms with Gasteiger partial charge in [0.2, 0.25) is 0 Å². The number of hydrogen-bond donors (Lipinski definition) is 1. The quantitative estimate of drug-likeness (QED) is 0.363. The van der Waals surface area contributed by atoms with Gasteiger partial charge in [-0.15, -0.1) is 0 Å². The molecule has 5 rings (SSSR count). The first-order valence-electron chi connectivity index (χ1n) is 10.8. The highest BCUT2D eigenvalue weighted by Crippen LogP contribution is 2.35. The summed E-state index contributed by atoms with van der Waals surface area (Å²) in [5.74, 6) is 0.756. The lowest BCUT2D eigenvalue weighted by Gasteiger charge is -2.17. The van der Waals surface area contributed by atoms with Crippen LogP contribution in [-0.4, -0.2) is 39.1 Å². The van der Waals surface area contributed by atoms with Crippen LogP contribution in [0.1, 0.15) is 41.8 Å². The minimum absolute atomic E-state index is 0.0871. The molecular formula is C25H22Cl2N4O2. The molecule has 1 aliphatic rings. The number of carbonyl (C=O) groups is 1. The Morgan fingerprint density at radius 2 is 1.76 bits per heavy atom. The fourth-order valence-corrected chi connectivity index (χ4v) is 4.90. The highest BCUT2D eigenvalue weighted by Gasteiger charge is 2.20. The second kappa shape index (κ2) is 9.04. The summed E-state index contributed by atoms with van der Waals surface area (Å²) >= 11 is 12.6. The Labute approximate surface area is 201 Å². The number of aromatic nitrogens is 3. The van der Waals surface area contributed by atoms with Crippen LogP contribution in [0.3, 0.4) is 0 Å². The second-order valence-electron chi connectivity index (χ2n) is 8.13. The molecule has 4 aromatic rings. The molecule has 0 saturated carbocycles. The summed E-state index contributed by atoms with van der Waals surface area (Å²) in [6, 6.07) is 13.4. The van der Waals surface area contributed by atoms with E-state index in [1.807, 2.05) is 54.3 Å². The molecule has 2 aromatic heterocycles. The maximum Gasteiger partial charge on any atom is 0.253 e. The Balaban J connectivity index is 1.41. The van der Waals surface area contributed by atoms with Crippen molar-refractivity contribution in [1.82, 2.24) is 20.1 Å². The number of benzene rings is 2. The predicted molar refractivity (Wildman–Crippen MR) is 130 cm³/mol. The zero-order chi connectivity index (χ0) is 22.9. The smallest absolute Gasteiger partial charge is 0.253 e. The van der Waals surface area contributed by atoms with E-state index in [4.69, 9.17) is 27.9 Å². The lowest BCUT2D eigenvalue weighted by molar-refractivity contribution is 0.0793. The molecule has 1 aliphatic heterocycles. The minimum Gasteiger partial charge on any atom is -0.486 e. The van der Waals surface area contributed by atoms with Crippen molar-refractivity contribution < 1.29 is 9.53 Å². The van der Waals surface area contributed by atoms with E-state index >= 15 is 0 Å². The predicted octanol–water partition coefficient (Wildman–Crippen LogP) is 6.31. The number of fused-ring (bicyclic) bond motifs is 1. The van der Waals surface area contributed by atoms with Crippen LogP contribution in [-0.2, 0) is 0 Å². The number of nitrogens with one attached hydrogen (secondary N) is 1. The van der Waals surface area contributed by atoms with Crippen molar-refractivity contribution in [3.63, 3.8) is 0 Å². The Kier molecular flexibility index (Phi) is 5.96. The first-order chi connectivity index (χ1) is 16.0. The highest BCUT2D eigenvalue weighted by molar-refractivity contribution is 6.35. The molecule has 1 amide bonds. The fraction of sp³-hybridized carbons (Fsp3) is 0.240. The first kappa shape index (κ1) is 21.7. The molecule has 33 heavy (non-hydrogen) atoms. The lowest BCUT2D eigenvalue weighted by Crippen LogP contribution is -2.27. The van der Waals surface area contributed by atoms with Crippen LogP contribution in [0.15, 0.2) is 54.9 Å². The molecule has 168 valence electrons. The number of hydrogen-bond acceptors (Lipinski definition) is 4. The number of likely N-dealkylation sites (tertiary alicyclic amines) is 1. The van der Waals surface area contributed by atoms with Crippen molar-refractivity contribution >= 4 is 40.0 Å². The molecule has 8 heteroatoms. The number of H-pyrrole nitrogens is 1. The summed E-state index contributed by atoms with van der Waals surface area (Å²) in [6.07, 6.45) is 4.89. The van der Waals surface area contributed by atoms with Crippen molar-refractivity contribution in [1.29, 1.82) is 0 Å². The number of amides is 1. The van der Waals surface area contributed by atoms with Crippen LogP contribution in [0.4, 0.5) is 0 Å². The van der Waals surface area contributed by atoms with Gasteiger partial charge in [0.1, 0.15) is 17.5 Å². The molecule has 1 N–H and O–H groups in total. The van der Waals surface area contributed by atoms with Gasteiger partial charge in [-0.25, -0.2) is 0 Å². The van der Waals surface area contributed by atoms with E-state index in [-0.39, 0.29) is 12.0 Å². The summed E-state index contributed by atoms with van der Waals surface area (Å²) in [7, 11) is 0. The molecular weight excluding hydrogens is 459 g/mol. The number of ether oxygens (including phenoxy) is 1. The van der Waals surface area contributed by atoms with Crippen LogP contribution in [0.5, 0.6) is 5.75 Å². The largest absolute Gasteiger partial charge is 0.486 e.